The summed E-state index contributed by atoms with van der Waals surface area (Å²) in [7, 11) is 1.47. The molecule has 0 atom stereocenters. The Hall–Kier alpha value is -2.73. The van der Waals surface area contributed by atoms with Gasteiger partial charge in [-0.15, -0.1) is 0 Å². The van der Waals surface area contributed by atoms with E-state index in [9.17, 15) is 14.0 Å². The summed E-state index contributed by atoms with van der Waals surface area (Å²) in [5.74, 6) is -1.04. The highest BCUT2D eigenvalue weighted by Crippen LogP contribution is 2.23. The number of amides is 1. The summed E-state index contributed by atoms with van der Waals surface area (Å²) in [6.07, 6.45) is 0. The first-order valence-electron chi connectivity index (χ1n) is 6.70. The van der Waals surface area contributed by atoms with Gasteiger partial charge in [-0.1, -0.05) is 29.8 Å². The van der Waals surface area contributed by atoms with Crippen LogP contribution in [0.4, 0.5) is 10.1 Å². The lowest BCUT2D eigenvalue weighted by Crippen LogP contribution is -2.25. The van der Waals surface area contributed by atoms with Gasteiger partial charge in [0.2, 0.25) is 0 Å². The average molecular weight is 332 g/mol. The molecule has 2 aromatic carbocycles. The molecule has 0 bridgehead atoms. The summed E-state index contributed by atoms with van der Waals surface area (Å²) in [4.78, 5) is 24.5. The summed E-state index contributed by atoms with van der Waals surface area (Å²) in [5, 5.41) is 7.50. The third kappa shape index (κ3) is 2.80. The van der Waals surface area contributed by atoms with Crippen LogP contribution in [-0.4, -0.2) is 15.7 Å². The van der Waals surface area contributed by atoms with Crippen LogP contribution in [0.1, 0.15) is 10.5 Å². The van der Waals surface area contributed by atoms with Gasteiger partial charge >= 0.3 is 0 Å². The molecular weight excluding hydrogens is 321 g/mol. The normalized spacial score (nSPS) is 10.7. The molecule has 3 aromatic rings. The number of aromatic nitrogens is 2. The van der Waals surface area contributed by atoms with Crippen molar-refractivity contribution >= 4 is 34.0 Å². The lowest BCUT2D eigenvalue weighted by Gasteiger charge is -2.10. The van der Waals surface area contributed by atoms with Crippen LogP contribution in [0.3, 0.4) is 0 Å². The molecular formula is C16H11ClFN3O2. The first kappa shape index (κ1) is 15.2. The molecule has 0 saturated carbocycles. The molecule has 0 aliphatic heterocycles. The molecule has 23 heavy (non-hydrogen) atoms. The van der Waals surface area contributed by atoms with Crippen LogP contribution in [0.25, 0.3) is 10.8 Å². The number of benzene rings is 2. The van der Waals surface area contributed by atoms with Gasteiger partial charge in [-0.05, 0) is 24.3 Å². The Balaban J connectivity index is 2.08. The van der Waals surface area contributed by atoms with Gasteiger partial charge < -0.3 is 5.32 Å². The molecule has 116 valence electrons. The monoisotopic (exact) mass is 331 g/mol. The van der Waals surface area contributed by atoms with Crippen LogP contribution in [0.5, 0.6) is 0 Å². The number of hydrogen-bond donors (Lipinski definition) is 1. The Morgan fingerprint density at radius 1 is 1.22 bits per heavy atom. The number of halogens is 2. The zero-order chi connectivity index (χ0) is 16.6. The molecule has 1 aromatic heterocycles. The number of carbonyl (C=O) groups excluding carboxylic acids is 1. The van der Waals surface area contributed by atoms with E-state index in [1.54, 1.807) is 24.3 Å². The first-order chi connectivity index (χ1) is 11.0. The standard InChI is InChI=1S/C16H11ClFN3O2/c1-21-16(23)11-5-3-2-4-10(11)14(20-21)15(22)19-13-7-6-9(18)8-12(13)17/h2-8H,1H3,(H,19,22). The number of anilines is 1. The minimum absolute atomic E-state index is 0.0764. The maximum atomic E-state index is 13.1. The number of carbonyl (C=O) groups is 1. The molecule has 0 saturated heterocycles. The number of hydrogen-bond acceptors (Lipinski definition) is 3. The molecule has 0 unspecified atom stereocenters. The average Bonchev–Trinajstić information content (AvgIpc) is 2.53. The summed E-state index contributed by atoms with van der Waals surface area (Å²) in [5.41, 5.74) is 0.0536. The highest BCUT2D eigenvalue weighted by Gasteiger charge is 2.16. The van der Waals surface area contributed by atoms with Gasteiger partial charge in [0.05, 0.1) is 16.1 Å². The molecule has 7 heteroatoms. The minimum Gasteiger partial charge on any atom is -0.319 e. The maximum absolute atomic E-state index is 13.1. The fourth-order valence-electron chi connectivity index (χ4n) is 2.24. The molecule has 0 aliphatic rings. The Morgan fingerprint density at radius 2 is 1.91 bits per heavy atom. The third-order valence-corrected chi connectivity index (χ3v) is 3.66. The van der Waals surface area contributed by atoms with Gasteiger partial charge in [0.1, 0.15) is 5.82 Å². The topological polar surface area (TPSA) is 64.0 Å². The van der Waals surface area contributed by atoms with E-state index in [1.165, 1.54) is 19.2 Å². The van der Waals surface area contributed by atoms with Gasteiger partial charge in [-0.25, -0.2) is 9.07 Å². The predicted molar refractivity (Wildman–Crippen MR) is 86.3 cm³/mol. The lowest BCUT2D eigenvalue weighted by molar-refractivity contribution is 0.102. The molecule has 1 N–H and O–H groups in total. The zero-order valence-electron chi connectivity index (χ0n) is 12.0. The number of fused-ring (bicyclic) bond motifs is 1. The number of nitrogens with zero attached hydrogens (tertiary/aromatic N) is 2. The van der Waals surface area contributed by atoms with E-state index in [0.717, 1.165) is 10.7 Å². The SMILES string of the molecule is Cn1nc(C(=O)Nc2ccc(F)cc2Cl)c2ccccc2c1=O. The highest BCUT2D eigenvalue weighted by atomic mass is 35.5. The van der Waals surface area contributed by atoms with Crippen molar-refractivity contribution < 1.29 is 9.18 Å². The second-order valence-corrected chi connectivity index (χ2v) is 5.31. The Bertz CT molecular complexity index is 985. The lowest BCUT2D eigenvalue weighted by atomic mass is 10.1. The van der Waals surface area contributed by atoms with E-state index in [4.69, 9.17) is 11.6 Å². The first-order valence-corrected chi connectivity index (χ1v) is 7.07. The number of aryl methyl sites for hydroxylation is 1. The number of nitrogens with one attached hydrogen (secondary N) is 1. The quantitative estimate of drug-likeness (QED) is 0.785. The second kappa shape index (κ2) is 5.81. The van der Waals surface area contributed by atoms with Crippen LogP contribution in [0.2, 0.25) is 5.02 Å². The molecule has 0 fully saturated rings. The third-order valence-electron chi connectivity index (χ3n) is 3.35. The highest BCUT2D eigenvalue weighted by molar-refractivity contribution is 6.34. The zero-order valence-corrected chi connectivity index (χ0v) is 12.8. The fourth-order valence-corrected chi connectivity index (χ4v) is 2.45. The van der Waals surface area contributed by atoms with Crippen LogP contribution in [0, 0.1) is 5.82 Å². The van der Waals surface area contributed by atoms with E-state index in [1.807, 2.05) is 0 Å². The summed E-state index contributed by atoms with van der Waals surface area (Å²) < 4.78 is 14.2. The van der Waals surface area contributed by atoms with Crippen molar-refractivity contribution in [3.05, 3.63) is 69.4 Å². The maximum Gasteiger partial charge on any atom is 0.276 e. The fraction of sp³-hybridized carbons (Fsp3) is 0.0625. The van der Waals surface area contributed by atoms with Gasteiger partial charge in [0, 0.05) is 12.4 Å². The summed E-state index contributed by atoms with van der Waals surface area (Å²) >= 11 is 5.91. The van der Waals surface area contributed by atoms with Crippen LogP contribution in [0.15, 0.2) is 47.3 Å². The largest absolute Gasteiger partial charge is 0.319 e. The second-order valence-electron chi connectivity index (χ2n) is 4.90. The van der Waals surface area contributed by atoms with Crippen molar-refractivity contribution in [2.45, 2.75) is 0 Å². The van der Waals surface area contributed by atoms with E-state index in [0.29, 0.717) is 10.8 Å². The van der Waals surface area contributed by atoms with Crippen molar-refractivity contribution in [3.63, 3.8) is 0 Å². The molecule has 0 aliphatic carbocycles. The van der Waals surface area contributed by atoms with E-state index < -0.39 is 11.7 Å². The van der Waals surface area contributed by atoms with E-state index >= 15 is 0 Å². The molecule has 0 spiro atoms. The number of rotatable bonds is 2. The molecule has 3 rings (SSSR count). The van der Waals surface area contributed by atoms with E-state index in [-0.39, 0.29) is 22.0 Å². The summed E-state index contributed by atoms with van der Waals surface area (Å²) in [6, 6.07) is 10.3. The molecule has 0 radical (unpaired) electrons. The van der Waals surface area contributed by atoms with Gasteiger partial charge in [0.25, 0.3) is 11.5 Å². The Labute approximate surface area is 135 Å². The minimum atomic E-state index is -0.537. The van der Waals surface area contributed by atoms with Crippen molar-refractivity contribution in [2.24, 2.45) is 7.05 Å². The predicted octanol–water partition coefficient (Wildman–Crippen LogP) is 2.98. The Kier molecular flexibility index (Phi) is 3.83. The Morgan fingerprint density at radius 3 is 2.61 bits per heavy atom. The smallest absolute Gasteiger partial charge is 0.276 e. The summed E-state index contributed by atoms with van der Waals surface area (Å²) in [6.45, 7) is 0. The van der Waals surface area contributed by atoms with Crippen LogP contribution < -0.4 is 10.9 Å². The van der Waals surface area contributed by atoms with Crippen LogP contribution in [-0.2, 0) is 7.05 Å². The van der Waals surface area contributed by atoms with Gasteiger partial charge in [0.15, 0.2) is 5.69 Å². The molecule has 5 nitrogen and oxygen atoms in total. The van der Waals surface area contributed by atoms with E-state index in [2.05, 4.69) is 10.4 Å². The molecule has 1 heterocycles. The van der Waals surface area contributed by atoms with Gasteiger partial charge in [-0.2, -0.15) is 5.10 Å². The van der Waals surface area contributed by atoms with Crippen molar-refractivity contribution in [3.8, 4) is 0 Å². The van der Waals surface area contributed by atoms with Crippen LogP contribution >= 0.6 is 11.6 Å². The molecule has 1 amide bonds. The van der Waals surface area contributed by atoms with Crippen molar-refractivity contribution in [1.82, 2.24) is 9.78 Å². The van der Waals surface area contributed by atoms with Crippen molar-refractivity contribution in [2.75, 3.05) is 5.32 Å². The van der Waals surface area contributed by atoms with Gasteiger partial charge in [-0.3, -0.25) is 9.59 Å². The van der Waals surface area contributed by atoms with Crippen molar-refractivity contribution in [1.29, 1.82) is 0 Å².